The molecule has 0 aliphatic rings. The number of methoxy groups -OCH3 is 1. The molecule has 0 unspecified atom stereocenters. The van der Waals surface area contributed by atoms with E-state index in [0.717, 1.165) is 28.8 Å². The lowest BCUT2D eigenvalue weighted by Gasteiger charge is -2.09. The van der Waals surface area contributed by atoms with E-state index in [1.54, 1.807) is 13.2 Å². The number of phenols is 1. The number of nitrogens with zero attached hydrogens (tertiary/aromatic N) is 3. The summed E-state index contributed by atoms with van der Waals surface area (Å²) in [5.41, 5.74) is 2.69. The van der Waals surface area contributed by atoms with Crippen LogP contribution in [0.1, 0.15) is 18.2 Å². The van der Waals surface area contributed by atoms with Gasteiger partial charge in [0.25, 0.3) is 0 Å². The van der Waals surface area contributed by atoms with Crippen molar-refractivity contribution in [1.82, 2.24) is 25.0 Å². The van der Waals surface area contributed by atoms with Gasteiger partial charge in [-0.1, -0.05) is 19.1 Å². The summed E-state index contributed by atoms with van der Waals surface area (Å²) < 4.78 is 6.66. The summed E-state index contributed by atoms with van der Waals surface area (Å²) in [4.78, 5) is 12.3. The van der Waals surface area contributed by atoms with E-state index in [0.29, 0.717) is 23.4 Å². The molecule has 0 atom stereocenters. The highest BCUT2D eigenvalue weighted by Gasteiger charge is 2.17. The molecule has 4 aromatic rings. The molecule has 27 heavy (non-hydrogen) atoms. The Labute approximate surface area is 154 Å². The molecule has 0 radical (unpaired) electrons. The number of ether oxygens (including phenoxy) is 1. The van der Waals surface area contributed by atoms with Crippen LogP contribution in [0.5, 0.6) is 11.5 Å². The van der Waals surface area contributed by atoms with Crippen LogP contribution in [0.25, 0.3) is 22.3 Å². The average molecular weight is 365 g/mol. The van der Waals surface area contributed by atoms with Crippen LogP contribution in [0.4, 0.5) is 0 Å². The number of rotatable bonds is 5. The summed E-state index contributed by atoms with van der Waals surface area (Å²) >= 11 is 0. The van der Waals surface area contributed by atoms with Crippen LogP contribution in [-0.2, 0) is 13.0 Å². The molecule has 2 aromatic carbocycles. The number of phenolic OH excluding ortho intramolecular Hbond substituents is 1. The monoisotopic (exact) mass is 365 g/mol. The molecule has 3 N–H and O–H groups in total. The first-order chi connectivity index (χ1) is 13.1. The van der Waals surface area contributed by atoms with Gasteiger partial charge in [-0.25, -0.2) is 9.89 Å². The summed E-state index contributed by atoms with van der Waals surface area (Å²) in [5, 5.41) is 25.2. The average Bonchev–Trinajstić information content (AvgIpc) is 3.25. The molecule has 0 bridgehead atoms. The molecule has 2 aromatic heterocycles. The Morgan fingerprint density at radius 2 is 1.93 bits per heavy atom. The minimum atomic E-state index is -0.344. The zero-order valence-corrected chi connectivity index (χ0v) is 15.0. The molecule has 0 spiro atoms. The lowest BCUT2D eigenvalue weighted by Crippen LogP contribution is -2.18. The minimum absolute atomic E-state index is 0.0200. The Morgan fingerprint density at radius 3 is 2.63 bits per heavy atom. The SMILES string of the molecule is CCc1[nH]nc2cc(O)c(-c3n[nH]c(=O)n3Cc3ccc(OC)cc3)cc12. The number of benzene rings is 2. The van der Waals surface area contributed by atoms with Crippen LogP contribution in [0.3, 0.4) is 0 Å². The maximum absolute atomic E-state index is 12.3. The number of H-pyrrole nitrogens is 2. The Kier molecular flexibility index (Phi) is 4.15. The summed E-state index contributed by atoms with van der Waals surface area (Å²) in [6.07, 6.45) is 0.778. The van der Waals surface area contributed by atoms with Gasteiger partial charge < -0.3 is 9.84 Å². The Hall–Kier alpha value is -3.55. The minimum Gasteiger partial charge on any atom is -0.507 e. The Balaban J connectivity index is 1.80. The van der Waals surface area contributed by atoms with Gasteiger partial charge in [-0.2, -0.15) is 10.2 Å². The number of aromatic amines is 2. The highest BCUT2D eigenvalue weighted by atomic mass is 16.5. The van der Waals surface area contributed by atoms with Gasteiger partial charge in [-0.15, -0.1) is 0 Å². The predicted molar refractivity (Wildman–Crippen MR) is 101 cm³/mol. The van der Waals surface area contributed by atoms with Gasteiger partial charge in [0.15, 0.2) is 5.82 Å². The molecule has 0 amide bonds. The van der Waals surface area contributed by atoms with Crippen LogP contribution in [0, 0.1) is 0 Å². The van der Waals surface area contributed by atoms with Gasteiger partial charge in [0.05, 0.1) is 24.7 Å². The van der Waals surface area contributed by atoms with Gasteiger partial charge in [0.2, 0.25) is 0 Å². The number of aromatic nitrogens is 5. The van der Waals surface area contributed by atoms with Crippen molar-refractivity contribution in [2.24, 2.45) is 0 Å². The molecule has 0 aliphatic heterocycles. The van der Waals surface area contributed by atoms with E-state index in [1.807, 2.05) is 37.3 Å². The number of aromatic hydroxyl groups is 1. The highest BCUT2D eigenvalue weighted by molar-refractivity contribution is 5.88. The maximum atomic E-state index is 12.3. The topological polar surface area (TPSA) is 109 Å². The molecule has 0 saturated carbocycles. The van der Waals surface area contributed by atoms with Crippen LogP contribution in [0.15, 0.2) is 41.2 Å². The summed E-state index contributed by atoms with van der Waals surface area (Å²) in [5.74, 6) is 1.14. The first kappa shape index (κ1) is 16.9. The van der Waals surface area contributed by atoms with Gasteiger partial charge in [0.1, 0.15) is 11.5 Å². The van der Waals surface area contributed by atoms with E-state index < -0.39 is 0 Å². The van der Waals surface area contributed by atoms with Crippen molar-refractivity contribution in [3.63, 3.8) is 0 Å². The smallest absolute Gasteiger partial charge is 0.343 e. The molecule has 4 rings (SSSR count). The second kappa shape index (κ2) is 6.64. The van der Waals surface area contributed by atoms with Gasteiger partial charge in [-0.05, 0) is 30.2 Å². The largest absolute Gasteiger partial charge is 0.507 e. The standard InChI is InChI=1S/C19H19N5O3/c1-3-15-13-8-14(17(25)9-16(13)21-20-15)18-22-23-19(26)24(18)10-11-4-6-12(27-2)7-5-11/h4-9,25H,3,10H2,1-2H3,(H,20,21)(H,23,26). The fourth-order valence-corrected chi connectivity index (χ4v) is 3.13. The van der Waals surface area contributed by atoms with Gasteiger partial charge in [0, 0.05) is 17.1 Å². The number of hydrogen-bond donors (Lipinski definition) is 3. The second-order valence-corrected chi connectivity index (χ2v) is 6.23. The van der Waals surface area contributed by atoms with E-state index >= 15 is 0 Å². The van der Waals surface area contributed by atoms with Crippen molar-refractivity contribution < 1.29 is 9.84 Å². The quantitative estimate of drug-likeness (QED) is 0.503. The van der Waals surface area contributed by atoms with E-state index in [4.69, 9.17) is 4.74 Å². The van der Waals surface area contributed by atoms with Crippen molar-refractivity contribution >= 4 is 10.9 Å². The first-order valence-corrected chi connectivity index (χ1v) is 8.59. The third kappa shape index (κ3) is 2.95. The van der Waals surface area contributed by atoms with E-state index in [9.17, 15) is 9.90 Å². The molecule has 138 valence electrons. The maximum Gasteiger partial charge on any atom is 0.343 e. The van der Waals surface area contributed by atoms with Crippen molar-refractivity contribution in [3.8, 4) is 22.9 Å². The molecule has 8 nitrogen and oxygen atoms in total. The van der Waals surface area contributed by atoms with Crippen LogP contribution in [-0.4, -0.2) is 37.2 Å². The molecular weight excluding hydrogens is 346 g/mol. The molecule has 2 heterocycles. The fraction of sp³-hybridized carbons (Fsp3) is 0.211. The Morgan fingerprint density at radius 1 is 1.15 bits per heavy atom. The number of aryl methyl sites for hydroxylation is 1. The van der Waals surface area contributed by atoms with Crippen LogP contribution in [0.2, 0.25) is 0 Å². The summed E-state index contributed by atoms with van der Waals surface area (Å²) in [7, 11) is 1.60. The predicted octanol–water partition coefficient (Wildman–Crippen LogP) is 2.44. The third-order valence-electron chi connectivity index (χ3n) is 4.60. The zero-order chi connectivity index (χ0) is 19.0. The van der Waals surface area contributed by atoms with E-state index in [-0.39, 0.29) is 11.4 Å². The zero-order valence-electron chi connectivity index (χ0n) is 15.0. The highest BCUT2D eigenvalue weighted by Crippen LogP contribution is 2.32. The molecular formula is C19H19N5O3. The van der Waals surface area contributed by atoms with E-state index in [1.165, 1.54) is 4.57 Å². The molecule has 8 heteroatoms. The number of nitrogens with one attached hydrogen (secondary N) is 2. The number of hydrogen-bond acceptors (Lipinski definition) is 5. The second-order valence-electron chi connectivity index (χ2n) is 6.23. The third-order valence-corrected chi connectivity index (χ3v) is 4.60. The normalized spacial score (nSPS) is 11.2. The molecule has 0 fully saturated rings. The fourth-order valence-electron chi connectivity index (χ4n) is 3.13. The van der Waals surface area contributed by atoms with Crippen molar-refractivity contribution in [1.29, 1.82) is 0 Å². The first-order valence-electron chi connectivity index (χ1n) is 8.59. The van der Waals surface area contributed by atoms with Crippen molar-refractivity contribution in [2.75, 3.05) is 7.11 Å². The molecule has 0 saturated heterocycles. The van der Waals surface area contributed by atoms with Crippen molar-refractivity contribution in [2.45, 2.75) is 19.9 Å². The van der Waals surface area contributed by atoms with E-state index in [2.05, 4.69) is 20.4 Å². The number of fused-ring (bicyclic) bond motifs is 1. The summed E-state index contributed by atoms with van der Waals surface area (Å²) in [6.45, 7) is 2.34. The van der Waals surface area contributed by atoms with Crippen molar-refractivity contribution in [3.05, 3.63) is 58.1 Å². The Bertz CT molecular complexity index is 1150. The van der Waals surface area contributed by atoms with Gasteiger partial charge in [-0.3, -0.25) is 9.67 Å². The lowest BCUT2D eigenvalue weighted by atomic mass is 10.1. The van der Waals surface area contributed by atoms with Gasteiger partial charge >= 0.3 is 5.69 Å². The molecule has 0 aliphatic carbocycles. The van der Waals surface area contributed by atoms with Crippen LogP contribution >= 0.6 is 0 Å². The lowest BCUT2D eigenvalue weighted by molar-refractivity contribution is 0.414. The van der Waals surface area contributed by atoms with Crippen LogP contribution < -0.4 is 10.4 Å². The summed E-state index contributed by atoms with van der Waals surface area (Å²) in [6, 6.07) is 10.8.